The number of nitrogens with zero attached hydrogens (tertiary/aromatic N) is 1. The largest absolute Gasteiger partial charge is 0.460 e. The van der Waals surface area contributed by atoms with Gasteiger partial charge >= 0.3 is 12.1 Å². The summed E-state index contributed by atoms with van der Waals surface area (Å²) in [6.07, 6.45) is 4.34. The van der Waals surface area contributed by atoms with Crippen molar-refractivity contribution in [3.05, 3.63) is 47.8 Å². The molecule has 0 N–H and O–H groups in total. The van der Waals surface area contributed by atoms with Crippen LogP contribution in [0, 0.1) is 23.6 Å². The third-order valence-electron chi connectivity index (χ3n) is 7.21. The maximum absolute atomic E-state index is 14.3. The van der Waals surface area contributed by atoms with Crippen molar-refractivity contribution >= 4 is 17.8 Å². The molecule has 7 nitrogen and oxygen atoms in total. The molecule has 8 heteroatoms. The molecule has 0 radical (unpaired) electrons. The monoisotopic (exact) mass is 545 g/mol. The van der Waals surface area contributed by atoms with Crippen LogP contribution in [0.2, 0.25) is 0 Å². The van der Waals surface area contributed by atoms with Gasteiger partial charge in [0.05, 0.1) is 18.1 Å². The Morgan fingerprint density at radius 2 is 1.69 bits per heavy atom. The lowest BCUT2D eigenvalue weighted by Crippen LogP contribution is -2.50. The van der Waals surface area contributed by atoms with E-state index >= 15 is 0 Å². The molecule has 1 heterocycles. The molecule has 3 rings (SSSR count). The fourth-order valence-electron chi connectivity index (χ4n) is 5.31. The number of benzene rings is 1. The van der Waals surface area contributed by atoms with Crippen molar-refractivity contribution in [2.24, 2.45) is 17.8 Å². The maximum Gasteiger partial charge on any atom is 0.410 e. The van der Waals surface area contributed by atoms with E-state index in [1.54, 1.807) is 64.0 Å². The number of hydrogen-bond donors (Lipinski definition) is 0. The quantitative estimate of drug-likeness (QED) is 0.269. The molecule has 216 valence electrons. The summed E-state index contributed by atoms with van der Waals surface area (Å²) in [5.41, 5.74) is -0.885. The van der Waals surface area contributed by atoms with Crippen LogP contribution >= 0.6 is 0 Å². The van der Waals surface area contributed by atoms with Crippen molar-refractivity contribution in [2.45, 2.75) is 104 Å². The van der Waals surface area contributed by atoms with Crippen LogP contribution in [0.1, 0.15) is 73.3 Å². The van der Waals surface area contributed by atoms with Gasteiger partial charge < -0.3 is 14.2 Å². The van der Waals surface area contributed by atoms with Gasteiger partial charge in [-0.1, -0.05) is 31.2 Å². The Labute approximate surface area is 232 Å². The van der Waals surface area contributed by atoms with Crippen LogP contribution in [0.15, 0.2) is 36.4 Å². The van der Waals surface area contributed by atoms with Gasteiger partial charge in [-0.2, -0.15) is 0 Å². The average molecular weight is 546 g/mol. The van der Waals surface area contributed by atoms with Gasteiger partial charge in [0.15, 0.2) is 5.78 Å². The third kappa shape index (κ3) is 8.37. The number of allylic oxidation sites excluding steroid dienone is 2. The molecule has 1 aliphatic carbocycles. The Morgan fingerprint density at radius 3 is 2.28 bits per heavy atom. The molecule has 0 bridgehead atoms. The normalized spacial score (nSPS) is 23.2. The highest BCUT2D eigenvalue weighted by molar-refractivity contribution is 5.92. The van der Waals surface area contributed by atoms with Crippen molar-refractivity contribution in [3.63, 3.8) is 0 Å². The van der Waals surface area contributed by atoms with Gasteiger partial charge in [0, 0.05) is 19.1 Å². The number of likely N-dealkylation sites (tertiary alicyclic amines) is 1. The molecule has 2 fully saturated rings. The fraction of sp³-hybridized carbons (Fsp3) is 0.645. The van der Waals surface area contributed by atoms with E-state index in [-0.39, 0.29) is 42.6 Å². The number of ketones is 1. The van der Waals surface area contributed by atoms with Crippen molar-refractivity contribution in [1.29, 1.82) is 0 Å². The Bertz CT molecular complexity index is 1070. The van der Waals surface area contributed by atoms with Gasteiger partial charge in [0.25, 0.3) is 0 Å². The predicted octanol–water partition coefficient (Wildman–Crippen LogP) is 5.89. The highest BCUT2D eigenvalue weighted by Crippen LogP contribution is 2.50. The van der Waals surface area contributed by atoms with Crippen molar-refractivity contribution < 1.29 is 33.0 Å². The first-order chi connectivity index (χ1) is 18.1. The Kier molecular flexibility index (Phi) is 9.63. The number of rotatable bonds is 10. The van der Waals surface area contributed by atoms with E-state index in [0.29, 0.717) is 11.5 Å². The van der Waals surface area contributed by atoms with E-state index in [1.165, 1.54) is 12.1 Å². The van der Waals surface area contributed by atoms with E-state index in [4.69, 9.17) is 14.2 Å². The van der Waals surface area contributed by atoms with Crippen molar-refractivity contribution in [3.8, 4) is 0 Å². The molecule has 1 saturated carbocycles. The molecule has 1 amide bonds. The smallest absolute Gasteiger partial charge is 0.410 e. The number of hydrogen-bond acceptors (Lipinski definition) is 6. The highest BCUT2D eigenvalue weighted by Gasteiger charge is 2.57. The second-order valence-corrected chi connectivity index (χ2v) is 12.8. The minimum Gasteiger partial charge on any atom is -0.460 e. The molecule has 39 heavy (non-hydrogen) atoms. The number of piperidine rings is 1. The van der Waals surface area contributed by atoms with Crippen LogP contribution in [0.5, 0.6) is 0 Å². The number of carbonyl (C=O) groups is 3. The van der Waals surface area contributed by atoms with Crippen molar-refractivity contribution in [1.82, 2.24) is 4.90 Å². The molecule has 0 aromatic heterocycles. The topological polar surface area (TPSA) is 82.1 Å². The fourth-order valence-corrected chi connectivity index (χ4v) is 5.31. The maximum atomic E-state index is 14.3. The SMILES string of the molecule is CO[C@H]([C@@H](C)C(=O)/C=C/CC(Cc1ccccc1F)C(=O)OC(C)(C)C)[C@@H]1C[C@H]2CC2N1C(=O)OC(C)(C)C. The molecular formula is C31H44FNO6. The summed E-state index contributed by atoms with van der Waals surface area (Å²) in [6, 6.07) is 6.22. The molecular weight excluding hydrogens is 501 g/mol. The minimum absolute atomic E-state index is 0.133. The zero-order valence-corrected chi connectivity index (χ0v) is 24.5. The number of ether oxygens (including phenoxy) is 3. The molecule has 1 aromatic rings. The van der Waals surface area contributed by atoms with E-state index in [9.17, 15) is 18.8 Å². The summed E-state index contributed by atoms with van der Waals surface area (Å²) in [5.74, 6) is -1.75. The summed E-state index contributed by atoms with van der Waals surface area (Å²) in [7, 11) is 1.56. The van der Waals surface area contributed by atoms with Gasteiger partial charge in [0.1, 0.15) is 17.0 Å². The van der Waals surface area contributed by atoms with E-state index in [1.807, 2.05) is 20.8 Å². The number of esters is 1. The zero-order chi connectivity index (χ0) is 29.1. The Balaban J connectivity index is 1.69. The minimum atomic E-state index is -0.688. The summed E-state index contributed by atoms with van der Waals surface area (Å²) < 4.78 is 31.3. The van der Waals surface area contributed by atoms with Gasteiger partial charge in [-0.3, -0.25) is 14.5 Å². The van der Waals surface area contributed by atoms with Crippen LogP contribution in [0.3, 0.4) is 0 Å². The van der Waals surface area contributed by atoms with E-state index < -0.39 is 35.1 Å². The first-order valence-corrected chi connectivity index (χ1v) is 13.8. The summed E-state index contributed by atoms with van der Waals surface area (Å²) in [4.78, 5) is 40.9. The summed E-state index contributed by atoms with van der Waals surface area (Å²) >= 11 is 0. The molecule has 2 unspecified atom stereocenters. The van der Waals surface area contributed by atoms with Crippen LogP contribution < -0.4 is 0 Å². The lowest BCUT2D eigenvalue weighted by Gasteiger charge is -2.36. The second-order valence-electron chi connectivity index (χ2n) is 12.8. The number of methoxy groups -OCH3 is 1. The lowest BCUT2D eigenvalue weighted by atomic mass is 9.90. The first kappa shape index (κ1) is 30.8. The lowest BCUT2D eigenvalue weighted by molar-refractivity contribution is -0.159. The summed E-state index contributed by atoms with van der Waals surface area (Å²) in [6.45, 7) is 12.6. The summed E-state index contributed by atoms with van der Waals surface area (Å²) in [5, 5.41) is 0. The van der Waals surface area contributed by atoms with Gasteiger partial charge in [0.2, 0.25) is 0 Å². The van der Waals surface area contributed by atoms with Crippen LogP contribution in [0.4, 0.5) is 9.18 Å². The van der Waals surface area contributed by atoms with Crippen LogP contribution in [0.25, 0.3) is 0 Å². The van der Waals surface area contributed by atoms with Crippen LogP contribution in [-0.4, -0.2) is 59.2 Å². The zero-order valence-electron chi connectivity index (χ0n) is 24.5. The number of fused-ring (bicyclic) bond motifs is 1. The van der Waals surface area contributed by atoms with E-state index in [0.717, 1.165) is 12.8 Å². The van der Waals surface area contributed by atoms with Gasteiger partial charge in [-0.25, -0.2) is 9.18 Å². The average Bonchev–Trinajstić information content (AvgIpc) is 3.46. The molecule has 2 aliphatic rings. The number of carbonyl (C=O) groups excluding carboxylic acids is 3. The number of amides is 1. The molecule has 1 aliphatic heterocycles. The first-order valence-electron chi connectivity index (χ1n) is 13.8. The van der Waals surface area contributed by atoms with Crippen LogP contribution in [-0.2, 0) is 30.2 Å². The van der Waals surface area contributed by atoms with Gasteiger partial charge in [-0.05, 0) is 90.8 Å². The molecule has 0 spiro atoms. The Hall–Kier alpha value is -2.74. The van der Waals surface area contributed by atoms with E-state index in [2.05, 4.69) is 0 Å². The standard InChI is InChI=1S/C31H44FNO6/c1-19(27(37-8)25-18-22-17-24(22)33(25)29(36)39-31(5,6)7)26(34)15-11-13-21(28(35)38-30(2,3)4)16-20-12-9-10-14-23(20)32/h9-12,14-15,19,21-22,24-25,27H,13,16-18H2,1-8H3/b15-11+/t19-,21?,22+,24?,25-,27+/m0/s1. The van der Waals surface area contributed by atoms with Gasteiger partial charge in [-0.15, -0.1) is 0 Å². The molecule has 1 saturated heterocycles. The molecule has 1 aromatic carbocycles. The van der Waals surface area contributed by atoms with Crippen molar-refractivity contribution in [2.75, 3.05) is 7.11 Å². The predicted molar refractivity (Wildman–Crippen MR) is 147 cm³/mol. The third-order valence-corrected chi connectivity index (χ3v) is 7.21. The highest BCUT2D eigenvalue weighted by atomic mass is 19.1. The number of halogens is 1. The Morgan fingerprint density at radius 1 is 1.05 bits per heavy atom. The second kappa shape index (κ2) is 12.2. The molecule has 6 atom stereocenters.